The minimum absolute atomic E-state index is 0.294. The summed E-state index contributed by atoms with van der Waals surface area (Å²) in [5.74, 6) is 1.89. The number of aryl methyl sites for hydroxylation is 1. The van der Waals surface area contributed by atoms with E-state index in [0.717, 1.165) is 22.7 Å². The van der Waals surface area contributed by atoms with Crippen LogP contribution in [0.4, 0.5) is 4.39 Å². The summed E-state index contributed by atoms with van der Waals surface area (Å²) in [5.41, 5.74) is 2.33. The van der Waals surface area contributed by atoms with Crippen LogP contribution in [0.2, 0.25) is 0 Å². The highest BCUT2D eigenvalue weighted by atomic mass is 19.1. The van der Waals surface area contributed by atoms with Gasteiger partial charge in [-0.25, -0.2) is 9.37 Å². The Hall–Kier alpha value is -3.35. The summed E-state index contributed by atoms with van der Waals surface area (Å²) in [5, 5.41) is 6.44. The zero-order chi connectivity index (χ0) is 19.9. The van der Waals surface area contributed by atoms with Crippen LogP contribution in [0.25, 0.3) is 5.69 Å². The molecule has 0 saturated heterocycles. The number of guanidine groups is 1. The molecule has 0 saturated carbocycles. The van der Waals surface area contributed by atoms with Gasteiger partial charge >= 0.3 is 0 Å². The second kappa shape index (κ2) is 9.03. The molecule has 7 heteroatoms. The first-order valence-electron chi connectivity index (χ1n) is 8.97. The summed E-state index contributed by atoms with van der Waals surface area (Å²) in [6, 6.07) is 13.0. The fourth-order valence-electron chi connectivity index (χ4n) is 2.92. The highest BCUT2D eigenvalue weighted by Gasteiger charge is 2.09. The summed E-state index contributed by atoms with van der Waals surface area (Å²) < 4.78 is 21.6. The molecule has 146 valence electrons. The predicted molar refractivity (Wildman–Crippen MR) is 108 cm³/mol. The number of aliphatic imine (C=N–C) groups is 1. The van der Waals surface area contributed by atoms with E-state index >= 15 is 0 Å². The van der Waals surface area contributed by atoms with Crippen molar-refractivity contribution in [3.8, 4) is 11.4 Å². The molecule has 0 radical (unpaired) electrons. The maximum absolute atomic E-state index is 14.5. The minimum Gasteiger partial charge on any atom is -0.496 e. The Balaban J connectivity index is 1.61. The number of methoxy groups -OCH3 is 1. The third-order valence-electron chi connectivity index (χ3n) is 4.42. The van der Waals surface area contributed by atoms with E-state index in [4.69, 9.17) is 4.74 Å². The fourth-order valence-corrected chi connectivity index (χ4v) is 2.92. The van der Waals surface area contributed by atoms with Crippen molar-refractivity contribution in [3.63, 3.8) is 0 Å². The maximum atomic E-state index is 14.5. The van der Waals surface area contributed by atoms with Crippen LogP contribution in [-0.2, 0) is 13.1 Å². The van der Waals surface area contributed by atoms with E-state index in [1.165, 1.54) is 6.07 Å². The lowest BCUT2D eigenvalue weighted by atomic mass is 10.2. The molecule has 28 heavy (non-hydrogen) atoms. The average Bonchev–Trinajstić information content (AvgIpc) is 3.14. The number of nitrogens with zero attached hydrogens (tertiary/aromatic N) is 3. The van der Waals surface area contributed by atoms with Crippen molar-refractivity contribution in [2.24, 2.45) is 4.99 Å². The normalized spacial score (nSPS) is 11.4. The molecule has 0 bridgehead atoms. The number of halogens is 1. The van der Waals surface area contributed by atoms with Crippen LogP contribution in [0.5, 0.6) is 5.75 Å². The minimum atomic E-state index is -0.294. The number of para-hydroxylation sites is 1. The first-order valence-corrected chi connectivity index (χ1v) is 8.97. The monoisotopic (exact) mass is 381 g/mol. The number of benzene rings is 2. The van der Waals surface area contributed by atoms with Crippen LogP contribution < -0.4 is 15.4 Å². The van der Waals surface area contributed by atoms with Crippen molar-refractivity contribution in [2.75, 3.05) is 14.2 Å². The largest absolute Gasteiger partial charge is 0.496 e. The van der Waals surface area contributed by atoms with Gasteiger partial charge in [0.1, 0.15) is 17.4 Å². The number of rotatable bonds is 6. The molecule has 3 aromatic rings. The lowest BCUT2D eigenvalue weighted by Crippen LogP contribution is -2.36. The summed E-state index contributed by atoms with van der Waals surface area (Å²) in [6.45, 7) is 2.86. The molecule has 1 aromatic heterocycles. The quantitative estimate of drug-likeness (QED) is 0.508. The molecule has 2 aromatic carbocycles. The number of hydrogen-bond donors (Lipinski definition) is 2. The van der Waals surface area contributed by atoms with Gasteiger partial charge in [-0.3, -0.25) is 4.99 Å². The Morgan fingerprint density at radius 2 is 1.96 bits per heavy atom. The number of imidazole rings is 1. The zero-order valence-corrected chi connectivity index (χ0v) is 16.2. The lowest BCUT2D eigenvalue weighted by Gasteiger charge is -2.14. The molecule has 0 fully saturated rings. The van der Waals surface area contributed by atoms with Gasteiger partial charge in [-0.1, -0.05) is 24.3 Å². The Bertz CT molecular complexity index is 967. The first-order chi connectivity index (χ1) is 13.6. The third kappa shape index (κ3) is 4.49. The second-order valence-electron chi connectivity index (χ2n) is 6.22. The second-order valence-corrected chi connectivity index (χ2v) is 6.22. The van der Waals surface area contributed by atoms with Gasteiger partial charge in [-0.15, -0.1) is 0 Å². The van der Waals surface area contributed by atoms with E-state index in [2.05, 4.69) is 20.6 Å². The van der Waals surface area contributed by atoms with Gasteiger partial charge in [0.15, 0.2) is 5.96 Å². The van der Waals surface area contributed by atoms with Crippen molar-refractivity contribution < 1.29 is 9.13 Å². The highest BCUT2D eigenvalue weighted by molar-refractivity contribution is 5.79. The Morgan fingerprint density at radius 1 is 1.18 bits per heavy atom. The Morgan fingerprint density at radius 3 is 2.64 bits per heavy atom. The molecule has 0 aliphatic carbocycles. The summed E-state index contributed by atoms with van der Waals surface area (Å²) in [6.07, 6.45) is 3.40. The van der Waals surface area contributed by atoms with Crippen LogP contribution in [0.3, 0.4) is 0 Å². The number of aromatic nitrogens is 2. The van der Waals surface area contributed by atoms with Crippen molar-refractivity contribution in [1.82, 2.24) is 20.2 Å². The van der Waals surface area contributed by atoms with Gasteiger partial charge < -0.3 is 19.9 Å². The lowest BCUT2D eigenvalue weighted by molar-refractivity contribution is 0.409. The molecule has 1 heterocycles. The molecule has 0 unspecified atom stereocenters. The predicted octanol–water partition coefficient (Wildman–Crippen LogP) is 3.19. The molecular weight excluding hydrogens is 357 g/mol. The summed E-state index contributed by atoms with van der Waals surface area (Å²) >= 11 is 0. The molecule has 0 aliphatic rings. The number of ether oxygens (including phenoxy) is 1. The summed E-state index contributed by atoms with van der Waals surface area (Å²) in [4.78, 5) is 8.35. The standard InChI is InChI=1S/C21H24FN5O/c1-15-24-10-11-27(15)19-9-8-16(12-18(19)22)13-25-21(23-2)26-14-17-6-4-5-7-20(17)28-3/h4-12H,13-14H2,1-3H3,(H2,23,25,26). The SMILES string of the molecule is CN=C(NCc1ccc(-n2ccnc2C)c(F)c1)NCc1ccccc1OC. The molecule has 6 nitrogen and oxygen atoms in total. The van der Waals surface area contributed by atoms with Crippen LogP contribution in [0, 0.1) is 12.7 Å². The van der Waals surface area contributed by atoms with Gasteiger partial charge in [0.25, 0.3) is 0 Å². The van der Waals surface area contributed by atoms with Gasteiger partial charge in [0.2, 0.25) is 0 Å². The van der Waals surface area contributed by atoms with Crippen LogP contribution in [-0.4, -0.2) is 29.7 Å². The van der Waals surface area contributed by atoms with Gasteiger partial charge in [0.05, 0.1) is 12.8 Å². The van der Waals surface area contributed by atoms with E-state index in [1.807, 2.05) is 37.3 Å². The first kappa shape index (κ1) is 19.4. The van der Waals surface area contributed by atoms with Gasteiger partial charge in [-0.2, -0.15) is 0 Å². The topological polar surface area (TPSA) is 63.5 Å². The van der Waals surface area contributed by atoms with Crippen LogP contribution in [0.15, 0.2) is 59.9 Å². The van der Waals surface area contributed by atoms with Gasteiger partial charge in [0, 0.05) is 38.1 Å². The van der Waals surface area contributed by atoms with Crippen LogP contribution >= 0.6 is 0 Å². The van der Waals surface area contributed by atoms with Crippen molar-refractivity contribution >= 4 is 5.96 Å². The maximum Gasteiger partial charge on any atom is 0.191 e. The summed E-state index contributed by atoms with van der Waals surface area (Å²) in [7, 11) is 3.35. The van der Waals surface area contributed by atoms with E-state index in [9.17, 15) is 4.39 Å². The third-order valence-corrected chi connectivity index (χ3v) is 4.42. The fraction of sp³-hybridized carbons (Fsp3) is 0.238. The van der Waals surface area contributed by atoms with E-state index in [0.29, 0.717) is 24.7 Å². The molecular formula is C21H24FN5O. The molecule has 0 aliphatic heterocycles. The smallest absolute Gasteiger partial charge is 0.191 e. The van der Waals surface area contributed by atoms with E-state index < -0.39 is 0 Å². The highest BCUT2D eigenvalue weighted by Crippen LogP contribution is 2.17. The number of hydrogen-bond acceptors (Lipinski definition) is 3. The zero-order valence-electron chi connectivity index (χ0n) is 16.2. The Kier molecular flexibility index (Phi) is 6.26. The molecule has 2 N–H and O–H groups in total. The Labute approximate surface area is 164 Å². The molecule has 0 atom stereocenters. The van der Waals surface area contributed by atoms with Crippen molar-refractivity contribution in [3.05, 3.63) is 77.6 Å². The average molecular weight is 381 g/mol. The van der Waals surface area contributed by atoms with Crippen molar-refractivity contribution in [2.45, 2.75) is 20.0 Å². The van der Waals surface area contributed by atoms with E-state index in [-0.39, 0.29) is 5.82 Å². The molecule has 0 spiro atoms. The molecule has 3 rings (SSSR count). The molecule has 0 amide bonds. The van der Waals surface area contributed by atoms with Gasteiger partial charge in [-0.05, 0) is 30.7 Å². The van der Waals surface area contributed by atoms with E-state index in [1.54, 1.807) is 37.2 Å². The van der Waals surface area contributed by atoms with Crippen LogP contribution in [0.1, 0.15) is 17.0 Å². The van der Waals surface area contributed by atoms with Crippen molar-refractivity contribution in [1.29, 1.82) is 0 Å². The number of nitrogens with one attached hydrogen (secondary N) is 2.